The fourth-order valence-corrected chi connectivity index (χ4v) is 5.60. The molecule has 0 bridgehead atoms. The molecule has 0 aliphatic carbocycles. The number of ether oxygens (including phenoxy) is 2. The number of aryl methyl sites for hydroxylation is 1. The van der Waals surface area contributed by atoms with Crippen LogP contribution in [0.4, 0.5) is 0 Å². The van der Waals surface area contributed by atoms with Crippen LogP contribution in [-0.2, 0) is 21.2 Å². The number of sulfone groups is 1. The van der Waals surface area contributed by atoms with Crippen LogP contribution in [0.5, 0.6) is 11.5 Å². The van der Waals surface area contributed by atoms with Crippen molar-refractivity contribution >= 4 is 37.3 Å². The Balaban J connectivity index is 1.81. The van der Waals surface area contributed by atoms with Gasteiger partial charge in [0.2, 0.25) is 5.91 Å². The molecule has 0 aliphatic heterocycles. The summed E-state index contributed by atoms with van der Waals surface area (Å²) in [4.78, 5) is 17.5. The van der Waals surface area contributed by atoms with Gasteiger partial charge in [0.15, 0.2) is 26.1 Å². The maximum atomic E-state index is 12.5. The number of carbonyl (C=O) groups is 1. The number of aromatic nitrogens is 1. The number of thiazole rings is 1. The fraction of sp³-hybridized carbons (Fsp3) is 0.304. The van der Waals surface area contributed by atoms with E-state index < -0.39 is 9.84 Å². The monoisotopic (exact) mass is 474 g/mol. The van der Waals surface area contributed by atoms with E-state index in [2.05, 4.69) is 11.6 Å². The summed E-state index contributed by atoms with van der Waals surface area (Å²) in [6, 6.07) is 10.4. The first kappa shape index (κ1) is 23.7. The quantitative estimate of drug-likeness (QED) is 0.439. The molecule has 1 amide bonds. The van der Waals surface area contributed by atoms with Crippen molar-refractivity contribution in [1.29, 1.82) is 0 Å². The van der Waals surface area contributed by atoms with Gasteiger partial charge in [0, 0.05) is 25.1 Å². The molecule has 3 rings (SSSR count). The van der Waals surface area contributed by atoms with Crippen LogP contribution in [0.3, 0.4) is 0 Å². The first-order valence-electron chi connectivity index (χ1n) is 10.0. The minimum atomic E-state index is -3.44. The van der Waals surface area contributed by atoms with Gasteiger partial charge in [0.1, 0.15) is 0 Å². The van der Waals surface area contributed by atoms with Crippen LogP contribution in [0, 0.1) is 6.92 Å². The molecule has 0 spiro atoms. The van der Waals surface area contributed by atoms with Crippen LogP contribution in [0.2, 0.25) is 0 Å². The summed E-state index contributed by atoms with van der Waals surface area (Å²) in [5.41, 5.74) is 1.84. The topological polar surface area (TPSA) is 87.0 Å². The normalized spacial score (nSPS) is 12.2. The zero-order valence-electron chi connectivity index (χ0n) is 18.3. The third-order valence-corrected chi connectivity index (χ3v) is 7.76. The zero-order chi connectivity index (χ0) is 23.3. The van der Waals surface area contributed by atoms with Crippen molar-refractivity contribution in [2.75, 3.05) is 20.0 Å². The number of hydrogen-bond donors (Lipinski definition) is 0. The van der Waals surface area contributed by atoms with E-state index in [0.29, 0.717) is 22.8 Å². The molecule has 7 nitrogen and oxygen atoms in total. The second-order valence-electron chi connectivity index (χ2n) is 7.20. The first-order chi connectivity index (χ1) is 15.3. The maximum absolute atomic E-state index is 12.5. The molecule has 1 heterocycles. The Hall–Kier alpha value is -2.91. The zero-order valence-corrected chi connectivity index (χ0v) is 20.0. The van der Waals surface area contributed by atoms with Crippen molar-refractivity contribution in [3.63, 3.8) is 0 Å². The minimum absolute atomic E-state index is 0.0417. The molecule has 0 unspecified atom stereocenters. The molecular weight excluding hydrogens is 448 g/mol. The average molecular weight is 475 g/mol. The van der Waals surface area contributed by atoms with Crippen LogP contribution in [0.25, 0.3) is 10.2 Å². The van der Waals surface area contributed by atoms with Gasteiger partial charge < -0.3 is 14.0 Å². The Morgan fingerprint density at radius 2 is 1.81 bits per heavy atom. The smallest absolute Gasteiger partial charge is 0.248 e. The molecule has 0 radical (unpaired) electrons. The van der Waals surface area contributed by atoms with Gasteiger partial charge in [0.25, 0.3) is 0 Å². The van der Waals surface area contributed by atoms with Crippen LogP contribution in [0.15, 0.2) is 58.9 Å². The summed E-state index contributed by atoms with van der Waals surface area (Å²) < 4.78 is 38.5. The standard InChI is InChI=1S/C23H26N2O5S2/c1-5-12-25-18-14-19(29-3)20(30-4)15-21(18)31-23(25)24-22(26)7-6-13-32(27,28)17-10-8-16(2)9-11-17/h5,8-11,14-15H,1,6-7,12-13H2,2-4H3. The van der Waals surface area contributed by atoms with E-state index in [-0.39, 0.29) is 29.4 Å². The molecule has 2 aromatic carbocycles. The molecular formula is C23H26N2O5S2. The van der Waals surface area contributed by atoms with E-state index in [4.69, 9.17) is 9.47 Å². The highest BCUT2D eigenvalue weighted by Crippen LogP contribution is 2.33. The van der Waals surface area contributed by atoms with Gasteiger partial charge in [-0.15, -0.1) is 6.58 Å². The van der Waals surface area contributed by atoms with Crippen molar-refractivity contribution in [3.05, 3.63) is 59.4 Å². The lowest BCUT2D eigenvalue weighted by Gasteiger charge is -2.08. The predicted octanol–water partition coefficient (Wildman–Crippen LogP) is 3.90. The average Bonchev–Trinajstić information content (AvgIpc) is 3.08. The molecule has 32 heavy (non-hydrogen) atoms. The molecule has 0 fully saturated rings. The first-order valence-corrected chi connectivity index (χ1v) is 12.5. The summed E-state index contributed by atoms with van der Waals surface area (Å²) in [6.07, 6.45) is 1.97. The summed E-state index contributed by atoms with van der Waals surface area (Å²) in [5, 5.41) is 0. The largest absolute Gasteiger partial charge is 0.493 e. The van der Waals surface area contributed by atoms with Gasteiger partial charge in [-0.2, -0.15) is 4.99 Å². The number of benzene rings is 2. The Morgan fingerprint density at radius 3 is 2.44 bits per heavy atom. The number of allylic oxidation sites excluding steroid dienone is 1. The second kappa shape index (κ2) is 10.1. The summed E-state index contributed by atoms with van der Waals surface area (Å²) in [7, 11) is -0.309. The highest BCUT2D eigenvalue weighted by atomic mass is 32.2. The van der Waals surface area contributed by atoms with E-state index in [1.54, 1.807) is 44.6 Å². The van der Waals surface area contributed by atoms with Crippen molar-refractivity contribution in [3.8, 4) is 11.5 Å². The molecule has 3 aromatic rings. The molecule has 0 saturated carbocycles. The lowest BCUT2D eigenvalue weighted by molar-refractivity contribution is -0.118. The van der Waals surface area contributed by atoms with Crippen LogP contribution < -0.4 is 14.3 Å². The van der Waals surface area contributed by atoms with E-state index >= 15 is 0 Å². The van der Waals surface area contributed by atoms with Gasteiger partial charge in [-0.05, 0) is 25.5 Å². The van der Waals surface area contributed by atoms with Crippen molar-refractivity contribution in [1.82, 2.24) is 4.57 Å². The van der Waals surface area contributed by atoms with Crippen LogP contribution in [0.1, 0.15) is 18.4 Å². The number of nitrogens with zero attached hydrogens (tertiary/aromatic N) is 2. The minimum Gasteiger partial charge on any atom is -0.493 e. The van der Waals surface area contributed by atoms with E-state index in [1.165, 1.54) is 11.3 Å². The lowest BCUT2D eigenvalue weighted by Crippen LogP contribution is -2.16. The Morgan fingerprint density at radius 1 is 1.16 bits per heavy atom. The Labute approximate surface area is 191 Å². The molecule has 0 atom stereocenters. The van der Waals surface area contributed by atoms with Crippen LogP contribution in [-0.4, -0.2) is 38.9 Å². The number of methoxy groups -OCH3 is 2. The SMILES string of the molecule is C=CCn1c(=NC(=O)CCCS(=O)(=O)c2ccc(C)cc2)sc2cc(OC)c(OC)cc21. The maximum Gasteiger partial charge on any atom is 0.248 e. The Kier molecular flexibility index (Phi) is 7.52. The number of rotatable bonds is 9. The van der Waals surface area contributed by atoms with Crippen molar-refractivity contribution in [2.24, 2.45) is 4.99 Å². The molecule has 0 aliphatic rings. The summed E-state index contributed by atoms with van der Waals surface area (Å²) in [6.45, 7) is 6.14. The number of amides is 1. The fourth-order valence-electron chi connectivity index (χ4n) is 3.23. The molecule has 170 valence electrons. The lowest BCUT2D eigenvalue weighted by atomic mass is 10.2. The van der Waals surface area contributed by atoms with E-state index in [1.807, 2.05) is 23.6 Å². The van der Waals surface area contributed by atoms with Crippen molar-refractivity contribution in [2.45, 2.75) is 31.2 Å². The molecule has 0 N–H and O–H groups in total. The van der Waals surface area contributed by atoms with Gasteiger partial charge in [-0.1, -0.05) is 35.1 Å². The third-order valence-electron chi connectivity index (χ3n) is 4.90. The van der Waals surface area contributed by atoms with Gasteiger partial charge in [-0.3, -0.25) is 4.79 Å². The van der Waals surface area contributed by atoms with Gasteiger partial charge in [-0.25, -0.2) is 8.42 Å². The molecule has 0 saturated heterocycles. The van der Waals surface area contributed by atoms with Crippen molar-refractivity contribution < 1.29 is 22.7 Å². The van der Waals surface area contributed by atoms with E-state index in [9.17, 15) is 13.2 Å². The van der Waals surface area contributed by atoms with Gasteiger partial charge >= 0.3 is 0 Å². The second-order valence-corrected chi connectivity index (χ2v) is 10.3. The predicted molar refractivity (Wildman–Crippen MR) is 126 cm³/mol. The summed E-state index contributed by atoms with van der Waals surface area (Å²) >= 11 is 1.35. The summed E-state index contributed by atoms with van der Waals surface area (Å²) in [5.74, 6) is 0.693. The third kappa shape index (κ3) is 5.28. The molecule has 1 aromatic heterocycles. The van der Waals surface area contributed by atoms with Gasteiger partial charge in [0.05, 0.1) is 35.1 Å². The highest BCUT2D eigenvalue weighted by Gasteiger charge is 2.16. The Bertz CT molecular complexity index is 1300. The molecule has 9 heteroatoms. The number of fused-ring (bicyclic) bond motifs is 1. The van der Waals surface area contributed by atoms with Crippen LogP contribution >= 0.6 is 11.3 Å². The number of hydrogen-bond acceptors (Lipinski definition) is 6. The van der Waals surface area contributed by atoms with E-state index in [0.717, 1.165) is 15.8 Å². The number of carbonyl (C=O) groups excluding carboxylic acids is 1. The highest BCUT2D eigenvalue weighted by molar-refractivity contribution is 7.91.